The molecular formula is C11H13IN2. The molecular weight excluding hydrogens is 287 g/mol. The summed E-state index contributed by atoms with van der Waals surface area (Å²) >= 11 is 2.32. The lowest BCUT2D eigenvalue weighted by Crippen LogP contribution is -2.30. The first-order chi connectivity index (χ1) is 6.77. The summed E-state index contributed by atoms with van der Waals surface area (Å²) in [6.07, 6.45) is 4.70. The Balaban J connectivity index is 2.03. The zero-order valence-corrected chi connectivity index (χ0v) is 10.3. The molecule has 1 aliphatic heterocycles. The summed E-state index contributed by atoms with van der Waals surface area (Å²) in [5.41, 5.74) is 1.36. The molecule has 1 aromatic carbocycles. The highest BCUT2D eigenvalue weighted by Gasteiger charge is 2.19. The van der Waals surface area contributed by atoms with Gasteiger partial charge in [0.25, 0.3) is 0 Å². The molecule has 0 bridgehead atoms. The van der Waals surface area contributed by atoms with Gasteiger partial charge in [0.1, 0.15) is 6.17 Å². The molecule has 0 saturated carbocycles. The van der Waals surface area contributed by atoms with Crippen molar-refractivity contribution in [3.8, 4) is 0 Å². The van der Waals surface area contributed by atoms with Crippen LogP contribution in [0, 0.1) is 0 Å². The number of benzene rings is 1. The van der Waals surface area contributed by atoms with E-state index in [1.807, 2.05) is 0 Å². The molecule has 1 aromatic rings. The molecule has 0 aromatic heterocycles. The molecule has 2 nitrogen and oxygen atoms in total. The summed E-state index contributed by atoms with van der Waals surface area (Å²) in [6, 6.07) is 10.5. The summed E-state index contributed by atoms with van der Waals surface area (Å²) < 4.78 is 2.18. The minimum atomic E-state index is 0.454. The van der Waals surface area contributed by atoms with Crippen LogP contribution in [0.4, 0.5) is 0 Å². The van der Waals surface area contributed by atoms with Crippen molar-refractivity contribution >= 4 is 22.9 Å². The fraction of sp³-hybridized carbons (Fsp3) is 0.273. The SMILES string of the molecule is CC1N(I)C=CN1Cc1ccccc1. The Hall–Kier alpha value is -0.710. The standard InChI is InChI=1S/C11H13IN2/c1-10-13(7-8-14(10)12)9-11-5-3-2-4-6-11/h2-8,10H,9H2,1H3. The first kappa shape index (κ1) is 9.83. The second kappa shape index (κ2) is 4.21. The van der Waals surface area contributed by atoms with Gasteiger partial charge in [-0.25, -0.2) is 0 Å². The molecule has 0 radical (unpaired) electrons. The van der Waals surface area contributed by atoms with E-state index in [2.05, 4.69) is 80.5 Å². The highest BCUT2D eigenvalue weighted by Crippen LogP contribution is 2.21. The third-order valence-corrected chi connectivity index (χ3v) is 3.57. The van der Waals surface area contributed by atoms with Gasteiger partial charge in [0, 0.05) is 18.9 Å². The average molecular weight is 300 g/mol. The molecule has 0 amide bonds. The quantitative estimate of drug-likeness (QED) is 0.612. The van der Waals surface area contributed by atoms with Gasteiger partial charge in [-0.3, -0.25) is 3.11 Å². The van der Waals surface area contributed by atoms with Crippen LogP contribution < -0.4 is 0 Å². The van der Waals surface area contributed by atoms with Crippen LogP contribution in [-0.4, -0.2) is 14.2 Å². The third kappa shape index (κ3) is 2.03. The molecule has 14 heavy (non-hydrogen) atoms. The zero-order valence-electron chi connectivity index (χ0n) is 8.10. The molecule has 0 spiro atoms. The van der Waals surface area contributed by atoms with Crippen LogP contribution in [0.25, 0.3) is 0 Å². The van der Waals surface area contributed by atoms with Crippen molar-refractivity contribution in [3.05, 3.63) is 48.3 Å². The first-order valence-electron chi connectivity index (χ1n) is 4.69. The van der Waals surface area contributed by atoms with E-state index in [9.17, 15) is 0 Å². The largest absolute Gasteiger partial charge is 0.351 e. The van der Waals surface area contributed by atoms with Crippen LogP contribution in [0.1, 0.15) is 12.5 Å². The highest BCUT2D eigenvalue weighted by atomic mass is 127. The summed E-state index contributed by atoms with van der Waals surface area (Å²) in [6.45, 7) is 3.19. The van der Waals surface area contributed by atoms with Crippen LogP contribution in [-0.2, 0) is 6.54 Å². The van der Waals surface area contributed by atoms with Gasteiger partial charge in [-0.1, -0.05) is 30.3 Å². The Morgan fingerprint density at radius 1 is 1.21 bits per heavy atom. The van der Waals surface area contributed by atoms with Crippen molar-refractivity contribution in [1.29, 1.82) is 0 Å². The van der Waals surface area contributed by atoms with E-state index >= 15 is 0 Å². The van der Waals surface area contributed by atoms with Gasteiger partial charge in [0.05, 0.1) is 22.9 Å². The first-order valence-corrected chi connectivity index (χ1v) is 5.66. The van der Waals surface area contributed by atoms with Crippen LogP contribution in [0.15, 0.2) is 42.7 Å². The predicted octanol–water partition coefficient (Wildman–Crippen LogP) is 2.97. The fourth-order valence-electron chi connectivity index (χ4n) is 1.52. The van der Waals surface area contributed by atoms with E-state index in [4.69, 9.17) is 0 Å². The molecule has 1 aliphatic rings. The van der Waals surface area contributed by atoms with Gasteiger partial charge < -0.3 is 4.90 Å². The normalized spacial score (nSPS) is 20.6. The maximum atomic E-state index is 2.32. The zero-order chi connectivity index (χ0) is 9.97. The van der Waals surface area contributed by atoms with Gasteiger partial charge in [0.2, 0.25) is 0 Å². The van der Waals surface area contributed by atoms with Crippen molar-refractivity contribution in [2.24, 2.45) is 0 Å². The van der Waals surface area contributed by atoms with E-state index in [1.165, 1.54) is 5.56 Å². The minimum Gasteiger partial charge on any atom is -0.351 e. The second-order valence-corrected chi connectivity index (χ2v) is 4.55. The number of hydrogen-bond donors (Lipinski definition) is 0. The van der Waals surface area contributed by atoms with E-state index in [0.29, 0.717) is 6.17 Å². The molecule has 1 unspecified atom stereocenters. The van der Waals surface area contributed by atoms with Crippen molar-refractivity contribution in [2.45, 2.75) is 19.6 Å². The van der Waals surface area contributed by atoms with Crippen molar-refractivity contribution < 1.29 is 0 Å². The van der Waals surface area contributed by atoms with Crippen LogP contribution in [0.2, 0.25) is 0 Å². The molecule has 3 heteroatoms. The van der Waals surface area contributed by atoms with Gasteiger partial charge in [0.15, 0.2) is 0 Å². The van der Waals surface area contributed by atoms with Crippen LogP contribution in [0.5, 0.6) is 0 Å². The van der Waals surface area contributed by atoms with E-state index in [-0.39, 0.29) is 0 Å². The molecule has 2 rings (SSSR count). The van der Waals surface area contributed by atoms with Crippen molar-refractivity contribution in [3.63, 3.8) is 0 Å². The number of hydrogen-bond acceptors (Lipinski definition) is 2. The summed E-state index contributed by atoms with van der Waals surface area (Å²) in [4.78, 5) is 2.32. The smallest absolute Gasteiger partial charge is 0.107 e. The molecule has 1 atom stereocenters. The average Bonchev–Trinajstić information content (AvgIpc) is 2.52. The minimum absolute atomic E-state index is 0.454. The van der Waals surface area contributed by atoms with Gasteiger partial charge in [-0.05, 0) is 12.5 Å². The van der Waals surface area contributed by atoms with E-state index < -0.39 is 0 Å². The molecule has 1 heterocycles. The molecule has 0 saturated heterocycles. The number of halogens is 1. The second-order valence-electron chi connectivity index (χ2n) is 3.43. The van der Waals surface area contributed by atoms with E-state index in [1.54, 1.807) is 0 Å². The Morgan fingerprint density at radius 3 is 2.50 bits per heavy atom. The highest BCUT2D eigenvalue weighted by molar-refractivity contribution is 14.1. The van der Waals surface area contributed by atoms with Crippen LogP contribution >= 0.6 is 22.9 Å². The summed E-state index contributed by atoms with van der Waals surface area (Å²) in [5.74, 6) is 0. The van der Waals surface area contributed by atoms with Gasteiger partial charge in [-0.15, -0.1) is 0 Å². The lowest BCUT2D eigenvalue weighted by atomic mass is 10.2. The predicted molar refractivity (Wildman–Crippen MR) is 66.4 cm³/mol. The fourth-order valence-corrected chi connectivity index (χ4v) is 1.98. The monoisotopic (exact) mass is 300 g/mol. The van der Waals surface area contributed by atoms with Gasteiger partial charge in [-0.2, -0.15) is 0 Å². The van der Waals surface area contributed by atoms with E-state index in [0.717, 1.165) is 6.54 Å². The molecule has 0 fully saturated rings. The molecule has 74 valence electrons. The van der Waals surface area contributed by atoms with Crippen molar-refractivity contribution in [1.82, 2.24) is 8.01 Å². The molecule has 0 N–H and O–H groups in total. The van der Waals surface area contributed by atoms with Crippen LogP contribution in [0.3, 0.4) is 0 Å². The van der Waals surface area contributed by atoms with Gasteiger partial charge >= 0.3 is 0 Å². The summed E-state index contributed by atoms with van der Waals surface area (Å²) in [7, 11) is 0. The third-order valence-electron chi connectivity index (χ3n) is 2.45. The topological polar surface area (TPSA) is 6.48 Å². The maximum absolute atomic E-state index is 2.32. The Kier molecular flexibility index (Phi) is 2.96. The number of nitrogens with zero attached hydrogens (tertiary/aromatic N) is 2. The Morgan fingerprint density at radius 2 is 1.93 bits per heavy atom. The Labute approximate surface area is 98.7 Å². The lowest BCUT2D eigenvalue weighted by molar-refractivity contribution is 0.248. The maximum Gasteiger partial charge on any atom is 0.107 e. The van der Waals surface area contributed by atoms with Crippen molar-refractivity contribution in [2.75, 3.05) is 0 Å². The number of rotatable bonds is 2. The Bertz CT molecular complexity index is 323. The summed E-state index contributed by atoms with van der Waals surface area (Å²) in [5, 5.41) is 0. The lowest BCUT2D eigenvalue weighted by Gasteiger charge is -2.25. The molecule has 0 aliphatic carbocycles.